The first-order valence-corrected chi connectivity index (χ1v) is 5.42. The highest BCUT2D eigenvalue weighted by molar-refractivity contribution is 7.97. The van der Waals surface area contributed by atoms with Crippen molar-refractivity contribution >= 4 is 35.1 Å². The van der Waals surface area contributed by atoms with Crippen molar-refractivity contribution in [3.63, 3.8) is 0 Å². The fraction of sp³-hybridized carbons (Fsp3) is 1.00. The third kappa shape index (κ3) is 11.7. The van der Waals surface area contributed by atoms with Gasteiger partial charge in [0, 0.05) is 11.4 Å². The minimum atomic E-state index is -0.136. The summed E-state index contributed by atoms with van der Waals surface area (Å²) in [6, 6.07) is 0. The lowest BCUT2D eigenvalue weighted by Crippen LogP contribution is -2.34. The van der Waals surface area contributed by atoms with Crippen molar-refractivity contribution in [2.24, 2.45) is 0 Å². The maximum absolute atomic E-state index is 5.45. The lowest BCUT2D eigenvalue weighted by molar-refractivity contribution is 0.535. The van der Waals surface area contributed by atoms with Gasteiger partial charge in [-0.15, -0.1) is 11.6 Å². The smallest absolute Gasteiger partial charge is 0.0413 e. The first-order chi connectivity index (χ1) is 4.54. The molecule has 0 aliphatic carbocycles. The van der Waals surface area contributed by atoms with Crippen LogP contribution >= 0.6 is 35.1 Å². The van der Waals surface area contributed by atoms with Gasteiger partial charge in [0.15, 0.2) is 0 Å². The summed E-state index contributed by atoms with van der Waals surface area (Å²) >= 11 is 12.5. The van der Waals surface area contributed by atoms with E-state index in [0.29, 0.717) is 5.88 Å². The highest BCUT2D eigenvalue weighted by Gasteiger charge is 2.12. The Morgan fingerprint density at radius 1 is 1.40 bits per heavy atom. The molecule has 1 N–H and O–H groups in total. The molecule has 0 rings (SSSR count). The van der Waals surface area contributed by atoms with E-state index in [9.17, 15) is 0 Å². The van der Waals surface area contributed by atoms with Gasteiger partial charge in [-0.2, -0.15) is 11.8 Å². The summed E-state index contributed by atoms with van der Waals surface area (Å²) in [5.74, 6) is 0.524. The minimum absolute atomic E-state index is 0.136. The van der Waals surface area contributed by atoms with E-state index in [2.05, 4.69) is 4.84 Å². The molecule has 0 bridgehead atoms. The average molecular weight is 204 g/mol. The highest BCUT2D eigenvalue weighted by Crippen LogP contribution is 2.03. The van der Waals surface area contributed by atoms with Gasteiger partial charge in [-0.3, -0.25) is 0 Å². The maximum atomic E-state index is 5.45. The molecule has 0 unspecified atom stereocenters. The number of hydrogen-bond donors (Lipinski definition) is 1. The van der Waals surface area contributed by atoms with Gasteiger partial charge in [0.25, 0.3) is 0 Å². The molecule has 0 radical (unpaired) electrons. The predicted molar refractivity (Wildman–Crippen MR) is 53.2 cm³/mol. The lowest BCUT2D eigenvalue weighted by Gasteiger charge is -2.16. The fourth-order valence-electron chi connectivity index (χ4n) is 0.0253. The van der Waals surface area contributed by atoms with E-state index in [0.717, 1.165) is 0 Å². The van der Waals surface area contributed by atoms with Crippen molar-refractivity contribution in [1.82, 2.24) is 4.84 Å². The molecule has 64 valence electrons. The molecule has 1 nitrogen and oxygen atoms in total. The van der Waals surface area contributed by atoms with Crippen LogP contribution in [0.5, 0.6) is 0 Å². The number of halogens is 2. The average Bonchev–Trinajstić information content (AvgIpc) is 1.90. The number of nitrogens with one attached hydrogen (secondary N) is 1. The molecule has 0 aliphatic heterocycles. The van der Waals surface area contributed by atoms with Gasteiger partial charge in [-0.25, -0.2) is 4.84 Å². The summed E-state index contributed by atoms with van der Waals surface area (Å²) in [4.78, 5) is 2.53. The molecule has 0 fully saturated rings. The molecule has 0 amide bonds. The highest BCUT2D eigenvalue weighted by atomic mass is 35.5. The van der Waals surface area contributed by atoms with Crippen LogP contribution in [-0.2, 0) is 0 Å². The van der Waals surface area contributed by atoms with Crippen LogP contribution in [0.3, 0.4) is 0 Å². The van der Waals surface area contributed by atoms with Crippen LogP contribution < -0.4 is 4.84 Å². The molecule has 0 atom stereocenters. The predicted octanol–water partition coefficient (Wildman–Crippen LogP) is 2.73. The van der Waals surface area contributed by atoms with E-state index in [4.69, 9.17) is 23.4 Å². The van der Waals surface area contributed by atoms with Crippen LogP contribution in [0, 0.1) is 0 Å². The summed E-state index contributed by atoms with van der Waals surface area (Å²) in [7, 11) is 0. The van der Waals surface area contributed by atoms with Gasteiger partial charge < -0.3 is 0 Å². The van der Waals surface area contributed by atoms with Crippen molar-refractivity contribution in [2.75, 3.05) is 18.4 Å². The molecular formula is C6H15Cl2NS. The second kappa shape index (κ2) is 7.99. The molecular weight excluding hydrogens is 189 g/mol. The van der Waals surface area contributed by atoms with Crippen LogP contribution in [0.1, 0.15) is 13.8 Å². The first-order valence-electron chi connectivity index (χ1n) is 2.88. The zero-order chi connectivity index (χ0) is 8.62. The molecule has 0 aliphatic rings. The van der Waals surface area contributed by atoms with Crippen molar-refractivity contribution in [2.45, 2.75) is 19.4 Å². The van der Waals surface area contributed by atoms with Crippen molar-refractivity contribution in [1.29, 1.82) is 0 Å². The molecule has 0 aromatic heterocycles. The summed E-state index contributed by atoms with van der Waals surface area (Å²) in [5.41, 5.74) is -0.136. The van der Waals surface area contributed by atoms with E-state index in [1.807, 2.05) is 26.4 Å². The summed E-state index contributed by atoms with van der Waals surface area (Å²) in [6.45, 7) is 3.85. The second-order valence-corrected chi connectivity index (χ2v) is 3.79. The topological polar surface area (TPSA) is 12.0 Å². The fourth-order valence-corrected chi connectivity index (χ4v) is 0.227. The second-order valence-electron chi connectivity index (χ2n) is 2.52. The third-order valence-electron chi connectivity index (χ3n) is 0.590. The molecule has 0 aromatic rings. The van der Waals surface area contributed by atoms with E-state index in [1.165, 1.54) is 0 Å². The zero-order valence-electron chi connectivity index (χ0n) is 6.87. The van der Waals surface area contributed by atoms with E-state index >= 15 is 0 Å². The normalized spacial score (nSPS) is 10.2. The van der Waals surface area contributed by atoms with Gasteiger partial charge in [0.05, 0.1) is 0 Å². The molecule has 0 heterocycles. The van der Waals surface area contributed by atoms with Gasteiger partial charge >= 0.3 is 0 Å². The number of thioether (sulfide) groups is 1. The van der Waals surface area contributed by atoms with Crippen molar-refractivity contribution in [3.05, 3.63) is 0 Å². The standard InChI is InChI=1S/C4H9Cl2N.C2H6S/c1-4(2,3-5)7-6;1-3-2/h7H,3H2,1-2H3;1-2H3. The lowest BCUT2D eigenvalue weighted by atomic mass is 10.1. The Bertz CT molecular complexity index is 62.8. The molecule has 4 heteroatoms. The number of rotatable bonds is 2. The van der Waals surface area contributed by atoms with Gasteiger partial charge in [-0.1, -0.05) is 0 Å². The third-order valence-corrected chi connectivity index (χ3v) is 1.77. The van der Waals surface area contributed by atoms with Crippen LogP contribution in [0.4, 0.5) is 0 Å². The van der Waals surface area contributed by atoms with E-state index < -0.39 is 0 Å². The van der Waals surface area contributed by atoms with E-state index in [-0.39, 0.29) is 5.54 Å². The first kappa shape index (κ1) is 13.5. The molecule has 10 heavy (non-hydrogen) atoms. The monoisotopic (exact) mass is 203 g/mol. The summed E-state index contributed by atoms with van der Waals surface area (Å²) in [6.07, 6.45) is 4.08. The number of alkyl halides is 1. The Balaban J connectivity index is 0. The minimum Gasteiger partial charge on any atom is -0.227 e. The SMILES string of the molecule is CC(C)(CCl)NCl.CSC. The Morgan fingerprint density at radius 2 is 1.70 bits per heavy atom. The zero-order valence-corrected chi connectivity index (χ0v) is 9.20. The molecule has 0 spiro atoms. The van der Waals surface area contributed by atoms with Crippen LogP contribution in [0.25, 0.3) is 0 Å². The van der Waals surface area contributed by atoms with E-state index in [1.54, 1.807) is 11.8 Å². The van der Waals surface area contributed by atoms with Gasteiger partial charge in [0.2, 0.25) is 0 Å². The van der Waals surface area contributed by atoms with Gasteiger partial charge in [0.1, 0.15) is 0 Å². The quantitative estimate of drug-likeness (QED) is 0.548. The Morgan fingerprint density at radius 3 is 1.70 bits per heavy atom. The molecule has 0 saturated carbocycles. The summed E-state index contributed by atoms with van der Waals surface area (Å²) < 4.78 is 0. The van der Waals surface area contributed by atoms with Crippen molar-refractivity contribution < 1.29 is 0 Å². The van der Waals surface area contributed by atoms with Crippen molar-refractivity contribution in [3.8, 4) is 0 Å². The summed E-state index contributed by atoms with van der Waals surface area (Å²) in [5, 5.41) is 0. The van der Waals surface area contributed by atoms with Gasteiger partial charge in [-0.05, 0) is 38.1 Å². The molecule has 0 saturated heterocycles. The maximum Gasteiger partial charge on any atom is 0.0413 e. The Hall–Kier alpha value is 0.890. The van der Waals surface area contributed by atoms with Crippen LogP contribution in [0.15, 0.2) is 0 Å². The van der Waals surface area contributed by atoms with Crippen LogP contribution in [-0.4, -0.2) is 23.9 Å². The Labute approximate surface area is 78.0 Å². The Kier molecular flexibility index (Phi) is 10.8. The number of hydrogen-bond acceptors (Lipinski definition) is 2. The largest absolute Gasteiger partial charge is 0.227 e. The molecule has 0 aromatic carbocycles. The van der Waals surface area contributed by atoms with Crippen LogP contribution in [0.2, 0.25) is 0 Å².